The lowest BCUT2D eigenvalue weighted by atomic mass is 9.98. The minimum atomic E-state index is -0.471. The van der Waals surface area contributed by atoms with E-state index in [1.54, 1.807) is 6.92 Å². The molecule has 1 aliphatic rings. The molecule has 7 nitrogen and oxygen atoms in total. The number of aliphatic hydroxyl groups is 1. The van der Waals surface area contributed by atoms with Crippen LogP contribution in [0.2, 0.25) is 0 Å². The normalized spacial score (nSPS) is 17.2. The van der Waals surface area contributed by atoms with Crippen LogP contribution in [0.1, 0.15) is 62.4 Å². The third kappa shape index (κ3) is 5.73. The predicted octanol–water partition coefficient (Wildman–Crippen LogP) is 2.89. The van der Waals surface area contributed by atoms with Crippen LogP contribution in [-0.4, -0.2) is 47.5 Å². The molecule has 0 saturated carbocycles. The van der Waals surface area contributed by atoms with Crippen molar-refractivity contribution in [3.8, 4) is 0 Å². The molecule has 0 spiro atoms. The van der Waals surface area contributed by atoms with E-state index in [9.17, 15) is 9.90 Å². The Bertz CT molecular complexity index is 889. The number of amides is 1. The van der Waals surface area contributed by atoms with Gasteiger partial charge in [0.25, 0.3) is 5.91 Å². The number of nitrogens with one attached hydrogen (secondary N) is 2. The highest BCUT2D eigenvalue weighted by Crippen LogP contribution is 2.27. The van der Waals surface area contributed by atoms with Crippen LogP contribution < -0.4 is 21.3 Å². The van der Waals surface area contributed by atoms with Gasteiger partial charge >= 0.3 is 0 Å². The van der Waals surface area contributed by atoms with Gasteiger partial charge in [0.05, 0.1) is 17.2 Å². The number of piperidine rings is 1. The number of fused-ring (bicyclic) bond motifs is 1. The molecule has 170 valence electrons. The zero-order chi connectivity index (χ0) is 22.5. The van der Waals surface area contributed by atoms with Gasteiger partial charge in [-0.3, -0.25) is 10.1 Å². The van der Waals surface area contributed by atoms with Crippen LogP contribution in [-0.2, 0) is 0 Å². The fraction of sp³-hybridized carbons (Fsp3) is 0.583. The largest absolute Gasteiger partial charge is 0.378 e. The van der Waals surface area contributed by atoms with Crippen LogP contribution in [0.15, 0.2) is 24.3 Å². The van der Waals surface area contributed by atoms with Gasteiger partial charge in [0, 0.05) is 24.5 Å². The first-order valence-corrected chi connectivity index (χ1v) is 11.5. The molecule has 2 unspecified atom stereocenters. The molecule has 2 atom stereocenters. The third-order valence-electron chi connectivity index (χ3n) is 6.25. The topological polar surface area (TPSA) is 104 Å². The highest BCUT2D eigenvalue weighted by molar-refractivity contribution is 6.02. The van der Waals surface area contributed by atoms with Crippen LogP contribution in [0.4, 0.5) is 5.82 Å². The minimum absolute atomic E-state index is 0.203. The van der Waals surface area contributed by atoms with E-state index >= 15 is 0 Å². The standard InChI is InChI=1S/C24H37N5O2/c1-5-17(6-2)23(30)27-19-9-11-29(12-10-19)22-20(24(31)26-16(4)25)14-18-13-15(3)7-8-21(18)28-22/h7-8,13-14,16-17,19,23,27,30H,5-6,9-12,25H2,1-4H3,(H,26,31). The number of aliphatic hydroxyl groups excluding tert-OH is 1. The predicted molar refractivity (Wildman–Crippen MR) is 126 cm³/mol. The molecule has 1 amide bonds. The number of nitrogens with zero attached hydrogens (tertiary/aromatic N) is 2. The smallest absolute Gasteiger partial charge is 0.256 e. The van der Waals surface area contributed by atoms with Crippen molar-refractivity contribution in [2.75, 3.05) is 18.0 Å². The lowest BCUT2D eigenvalue weighted by molar-refractivity contribution is 0.0551. The first-order chi connectivity index (χ1) is 14.8. The number of aromatic nitrogens is 1. The molecule has 0 aliphatic carbocycles. The number of hydrogen-bond donors (Lipinski definition) is 4. The van der Waals surface area contributed by atoms with Crippen LogP contribution in [0.3, 0.4) is 0 Å². The average molecular weight is 428 g/mol. The van der Waals surface area contributed by atoms with E-state index in [1.807, 2.05) is 31.2 Å². The van der Waals surface area contributed by atoms with Crippen molar-refractivity contribution in [3.05, 3.63) is 35.4 Å². The van der Waals surface area contributed by atoms with Gasteiger partial charge in [-0.2, -0.15) is 0 Å². The Labute approximate surface area is 185 Å². The Morgan fingerprint density at radius 3 is 2.55 bits per heavy atom. The molecule has 2 heterocycles. The van der Waals surface area contributed by atoms with Crippen LogP contribution in [0, 0.1) is 12.8 Å². The van der Waals surface area contributed by atoms with Crippen LogP contribution in [0.5, 0.6) is 0 Å². The van der Waals surface area contributed by atoms with Gasteiger partial charge in [0.1, 0.15) is 12.0 Å². The summed E-state index contributed by atoms with van der Waals surface area (Å²) in [4.78, 5) is 19.9. The Morgan fingerprint density at radius 1 is 1.26 bits per heavy atom. The summed E-state index contributed by atoms with van der Waals surface area (Å²) in [6.45, 7) is 9.56. The molecule has 31 heavy (non-hydrogen) atoms. The van der Waals surface area contributed by atoms with Crippen molar-refractivity contribution in [3.63, 3.8) is 0 Å². The summed E-state index contributed by atoms with van der Waals surface area (Å²) in [6, 6.07) is 8.27. The second kappa shape index (κ2) is 10.4. The van der Waals surface area contributed by atoms with Crippen molar-refractivity contribution in [1.82, 2.24) is 15.6 Å². The Hall–Kier alpha value is -2.22. The van der Waals surface area contributed by atoms with Crippen molar-refractivity contribution in [2.45, 2.75) is 71.8 Å². The monoisotopic (exact) mass is 427 g/mol. The number of benzene rings is 1. The number of anilines is 1. The van der Waals surface area contributed by atoms with Gasteiger partial charge in [-0.05, 0) is 63.6 Å². The van der Waals surface area contributed by atoms with E-state index in [-0.39, 0.29) is 17.9 Å². The van der Waals surface area contributed by atoms with Gasteiger partial charge in [0.15, 0.2) is 0 Å². The van der Waals surface area contributed by atoms with Crippen molar-refractivity contribution < 1.29 is 9.90 Å². The Balaban J connectivity index is 1.80. The zero-order valence-electron chi connectivity index (χ0n) is 19.2. The highest BCUT2D eigenvalue weighted by atomic mass is 16.3. The molecule has 5 N–H and O–H groups in total. The van der Waals surface area contributed by atoms with Gasteiger partial charge in [-0.1, -0.05) is 25.5 Å². The summed E-state index contributed by atoms with van der Waals surface area (Å²) in [5, 5.41) is 17.6. The molecular weight excluding hydrogens is 390 g/mol. The van der Waals surface area contributed by atoms with Crippen LogP contribution in [0.25, 0.3) is 10.9 Å². The Kier molecular flexibility index (Phi) is 7.86. The molecule has 0 bridgehead atoms. The first kappa shape index (κ1) is 23.4. The number of pyridine rings is 1. The summed E-state index contributed by atoms with van der Waals surface area (Å²) >= 11 is 0. The maximum Gasteiger partial charge on any atom is 0.256 e. The second-order valence-electron chi connectivity index (χ2n) is 8.77. The van der Waals surface area contributed by atoms with Gasteiger partial charge in [0.2, 0.25) is 0 Å². The molecule has 7 heteroatoms. The first-order valence-electron chi connectivity index (χ1n) is 11.5. The van der Waals surface area contributed by atoms with E-state index in [2.05, 4.69) is 29.4 Å². The summed E-state index contributed by atoms with van der Waals surface area (Å²) in [5.74, 6) is 0.774. The number of carbonyl (C=O) groups excluding carboxylic acids is 1. The van der Waals surface area contributed by atoms with E-state index in [0.29, 0.717) is 11.4 Å². The van der Waals surface area contributed by atoms with Gasteiger partial charge in [-0.15, -0.1) is 0 Å². The van der Waals surface area contributed by atoms with Crippen molar-refractivity contribution in [1.29, 1.82) is 0 Å². The van der Waals surface area contributed by atoms with Gasteiger partial charge < -0.3 is 21.1 Å². The number of aryl methyl sites for hydroxylation is 1. The van der Waals surface area contributed by atoms with E-state index in [1.165, 1.54) is 0 Å². The zero-order valence-corrected chi connectivity index (χ0v) is 19.2. The van der Waals surface area contributed by atoms with Crippen molar-refractivity contribution >= 4 is 22.6 Å². The number of carbonyl (C=O) groups is 1. The third-order valence-corrected chi connectivity index (χ3v) is 6.25. The molecule has 1 aromatic carbocycles. The second-order valence-corrected chi connectivity index (χ2v) is 8.77. The lowest BCUT2D eigenvalue weighted by Gasteiger charge is -2.36. The molecular formula is C24H37N5O2. The SMILES string of the molecule is CCC(CC)C(O)NC1CCN(c2nc3ccc(C)cc3cc2C(=O)NC(C)N)CC1. The fourth-order valence-corrected chi connectivity index (χ4v) is 4.35. The summed E-state index contributed by atoms with van der Waals surface area (Å²) in [5.41, 5.74) is 8.37. The molecule has 2 aromatic rings. The Morgan fingerprint density at radius 2 is 1.94 bits per heavy atom. The molecule has 1 fully saturated rings. The van der Waals surface area contributed by atoms with Gasteiger partial charge in [-0.25, -0.2) is 4.98 Å². The minimum Gasteiger partial charge on any atom is -0.378 e. The van der Waals surface area contributed by atoms with E-state index in [0.717, 1.165) is 55.2 Å². The molecule has 3 rings (SSSR count). The molecule has 1 saturated heterocycles. The van der Waals surface area contributed by atoms with E-state index < -0.39 is 12.4 Å². The summed E-state index contributed by atoms with van der Waals surface area (Å²) in [7, 11) is 0. The fourth-order valence-electron chi connectivity index (χ4n) is 4.35. The molecule has 0 radical (unpaired) electrons. The maximum absolute atomic E-state index is 12.9. The quantitative estimate of drug-likeness (QED) is 0.483. The number of rotatable bonds is 8. The van der Waals surface area contributed by atoms with Crippen molar-refractivity contribution in [2.24, 2.45) is 11.7 Å². The van der Waals surface area contributed by atoms with Crippen LogP contribution >= 0.6 is 0 Å². The van der Waals surface area contributed by atoms with E-state index in [4.69, 9.17) is 10.7 Å². The molecule has 1 aromatic heterocycles. The molecule has 1 aliphatic heterocycles. The number of nitrogens with two attached hydrogens (primary N) is 1. The summed E-state index contributed by atoms with van der Waals surface area (Å²) < 4.78 is 0. The lowest BCUT2D eigenvalue weighted by Crippen LogP contribution is -2.49. The maximum atomic E-state index is 12.9. The average Bonchev–Trinajstić information content (AvgIpc) is 2.73. The number of hydrogen-bond acceptors (Lipinski definition) is 6. The highest BCUT2D eigenvalue weighted by Gasteiger charge is 2.27. The summed E-state index contributed by atoms with van der Waals surface area (Å²) in [6.07, 6.45) is 2.79.